The summed E-state index contributed by atoms with van der Waals surface area (Å²) in [5, 5.41) is 13.5. The van der Waals surface area contributed by atoms with E-state index in [1.54, 1.807) is 0 Å². The first-order valence-electron chi connectivity index (χ1n) is 5.73. The molecule has 1 aromatic carbocycles. The van der Waals surface area contributed by atoms with Gasteiger partial charge in [0.05, 0.1) is 5.56 Å². The quantitative estimate of drug-likeness (QED) is 0.904. The highest BCUT2D eigenvalue weighted by molar-refractivity contribution is 5.62. The van der Waals surface area contributed by atoms with E-state index in [1.165, 1.54) is 12.1 Å². The minimum Gasteiger partial charge on any atom is -0.507 e. The first kappa shape index (κ1) is 12.3. The molecule has 0 saturated heterocycles. The predicted molar refractivity (Wildman–Crippen MR) is 64.9 cm³/mol. The zero-order valence-corrected chi connectivity index (χ0v) is 10.2. The molecule has 0 saturated carbocycles. The first-order valence-corrected chi connectivity index (χ1v) is 5.73. The van der Waals surface area contributed by atoms with Crippen LogP contribution in [-0.4, -0.2) is 28.3 Å². The fourth-order valence-electron chi connectivity index (χ4n) is 1.64. The number of phenolic OH excluding ortho intramolecular Hbond substituents is 1. The van der Waals surface area contributed by atoms with Gasteiger partial charge in [-0.2, -0.15) is 4.98 Å². The Labute approximate surface area is 104 Å². The maximum atomic E-state index is 13.1. The maximum absolute atomic E-state index is 13.1. The number of benzene rings is 1. The SMILES string of the molecule is CCN(CC)c1noc(-c2cc(F)ccc2O)n1. The third-order valence-electron chi connectivity index (χ3n) is 2.65. The summed E-state index contributed by atoms with van der Waals surface area (Å²) in [7, 11) is 0. The lowest BCUT2D eigenvalue weighted by Crippen LogP contribution is -2.22. The highest BCUT2D eigenvalue weighted by atomic mass is 19.1. The Kier molecular flexibility index (Phi) is 3.45. The van der Waals surface area contributed by atoms with E-state index in [4.69, 9.17) is 4.52 Å². The van der Waals surface area contributed by atoms with Gasteiger partial charge in [-0.05, 0) is 37.2 Å². The van der Waals surface area contributed by atoms with Crippen LogP contribution in [-0.2, 0) is 0 Å². The molecule has 2 rings (SSSR count). The van der Waals surface area contributed by atoms with Crippen molar-refractivity contribution in [3.05, 3.63) is 24.0 Å². The van der Waals surface area contributed by atoms with Gasteiger partial charge in [-0.3, -0.25) is 0 Å². The molecule has 0 radical (unpaired) electrons. The second kappa shape index (κ2) is 5.03. The predicted octanol–water partition coefficient (Wildman–Crippen LogP) is 2.43. The lowest BCUT2D eigenvalue weighted by Gasteiger charge is -2.14. The fourth-order valence-corrected chi connectivity index (χ4v) is 1.64. The molecule has 0 fully saturated rings. The normalized spacial score (nSPS) is 10.6. The number of rotatable bonds is 4. The zero-order valence-electron chi connectivity index (χ0n) is 10.2. The molecule has 18 heavy (non-hydrogen) atoms. The molecule has 0 unspecified atom stereocenters. The molecule has 96 valence electrons. The molecule has 6 heteroatoms. The average Bonchev–Trinajstić information content (AvgIpc) is 2.83. The van der Waals surface area contributed by atoms with Crippen molar-refractivity contribution in [3.63, 3.8) is 0 Å². The number of anilines is 1. The van der Waals surface area contributed by atoms with E-state index in [9.17, 15) is 9.50 Å². The molecular weight excluding hydrogens is 237 g/mol. The van der Waals surface area contributed by atoms with Gasteiger partial charge in [0.15, 0.2) is 0 Å². The van der Waals surface area contributed by atoms with Crippen LogP contribution in [0.1, 0.15) is 13.8 Å². The molecule has 0 amide bonds. The smallest absolute Gasteiger partial charge is 0.266 e. The Morgan fingerprint density at radius 3 is 2.72 bits per heavy atom. The molecule has 1 heterocycles. The first-order chi connectivity index (χ1) is 8.65. The standard InChI is InChI=1S/C12H14FN3O2/c1-3-16(4-2)12-14-11(18-15-12)9-7-8(13)5-6-10(9)17/h5-7,17H,3-4H2,1-2H3. The van der Waals surface area contributed by atoms with E-state index >= 15 is 0 Å². The third kappa shape index (κ3) is 2.27. The molecule has 5 nitrogen and oxygen atoms in total. The van der Waals surface area contributed by atoms with Crippen LogP contribution in [0.2, 0.25) is 0 Å². The van der Waals surface area contributed by atoms with E-state index in [1.807, 2.05) is 18.7 Å². The second-order valence-electron chi connectivity index (χ2n) is 3.73. The van der Waals surface area contributed by atoms with Crippen molar-refractivity contribution >= 4 is 5.95 Å². The Balaban J connectivity index is 2.37. The van der Waals surface area contributed by atoms with E-state index in [0.29, 0.717) is 5.95 Å². The lowest BCUT2D eigenvalue weighted by molar-refractivity contribution is 0.422. The molecule has 0 aliphatic rings. The Morgan fingerprint density at radius 2 is 2.06 bits per heavy atom. The van der Waals surface area contributed by atoms with E-state index < -0.39 is 5.82 Å². The molecular formula is C12H14FN3O2. The van der Waals surface area contributed by atoms with E-state index in [-0.39, 0.29) is 17.2 Å². The molecule has 0 aliphatic carbocycles. The van der Waals surface area contributed by atoms with Gasteiger partial charge < -0.3 is 14.5 Å². The van der Waals surface area contributed by atoms with Crippen LogP contribution in [0, 0.1) is 5.82 Å². The molecule has 1 N–H and O–H groups in total. The van der Waals surface area contributed by atoms with Crippen LogP contribution in [0.3, 0.4) is 0 Å². The van der Waals surface area contributed by atoms with Crippen LogP contribution in [0.4, 0.5) is 10.3 Å². The van der Waals surface area contributed by atoms with Gasteiger partial charge in [0, 0.05) is 13.1 Å². The Bertz CT molecular complexity index is 538. The number of aromatic nitrogens is 2. The number of phenols is 1. The van der Waals surface area contributed by atoms with Gasteiger partial charge in [0.1, 0.15) is 11.6 Å². The Morgan fingerprint density at radius 1 is 1.33 bits per heavy atom. The zero-order chi connectivity index (χ0) is 13.1. The van der Waals surface area contributed by atoms with Crippen molar-refractivity contribution in [3.8, 4) is 17.2 Å². The highest BCUT2D eigenvalue weighted by Crippen LogP contribution is 2.29. The maximum Gasteiger partial charge on any atom is 0.266 e. The molecule has 0 bridgehead atoms. The molecule has 0 aliphatic heterocycles. The number of halogens is 1. The van der Waals surface area contributed by atoms with Gasteiger partial charge in [0.2, 0.25) is 0 Å². The van der Waals surface area contributed by atoms with Crippen molar-refractivity contribution in [1.29, 1.82) is 0 Å². The summed E-state index contributed by atoms with van der Waals surface area (Å²) >= 11 is 0. The summed E-state index contributed by atoms with van der Waals surface area (Å²) in [5.74, 6) is -0.0240. The summed E-state index contributed by atoms with van der Waals surface area (Å²) in [5.41, 5.74) is 0.195. The Hall–Kier alpha value is -2.11. The van der Waals surface area contributed by atoms with Crippen molar-refractivity contribution < 1.29 is 14.0 Å². The number of nitrogens with zero attached hydrogens (tertiary/aromatic N) is 3. The summed E-state index contributed by atoms with van der Waals surface area (Å²) in [6, 6.07) is 3.58. The van der Waals surface area contributed by atoms with Crippen LogP contribution in [0.25, 0.3) is 11.5 Å². The monoisotopic (exact) mass is 251 g/mol. The van der Waals surface area contributed by atoms with Crippen molar-refractivity contribution in [2.24, 2.45) is 0 Å². The topological polar surface area (TPSA) is 62.4 Å². The van der Waals surface area contributed by atoms with Crippen LogP contribution in [0.15, 0.2) is 22.7 Å². The second-order valence-corrected chi connectivity index (χ2v) is 3.73. The van der Waals surface area contributed by atoms with Crippen molar-refractivity contribution in [2.45, 2.75) is 13.8 Å². The van der Waals surface area contributed by atoms with Gasteiger partial charge >= 0.3 is 0 Å². The molecule has 1 aromatic heterocycles. The molecule has 0 spiro atoms. The third-order valence-corrected chi connectivity index (χ3v) is 2.65. The molecule has 0 atom stereocenters. The minimum absolute atomic E-state index is 0.0915. The van der Waals surface area contributed by atoms with E-state index in [2.05, 4.69) is 10.1 Å². The summed E-state index contributed by atoms with van der Waals surface area (Å²) < 4.78 is 18.2. The average molecular weight is 251 g/mol. The summed E-state index contributed by atoms with van der Waals surface area (Å²) in [6.45, 7) is 5.42. The van der Waals surface area contributed by atoms with Crippen LogP contribution >= 0.6 is 0 Å². The van der Waals surface area contributed by atoms with Gasteiger partial charge in [-0.25, -0.2) is 4.39 Å². The summed E-state index contributed by atoms with van der Waals surface area (Å²) in [6.07, 6.45) is 0. The number of hydrogen-bond donors (Lipinski definition) is 1. The summed E-state index contributed by atoms with van der Waals surface area (Å²) in [4.78, 5) is 6.04. The fraction of sp³-hybridized carbons (Fsp3) is 0.333. The van der Waals surface area contributed by atoms with Crippen LogP contribution < -0.4 is 4.90 Å². The molecule has 2 aromatic rings. The minimum atomic E-state index is -0.467. The number of hydrogen-bond acceptors (Lipinski definition) is 5. The van der Waals surface area contributed by atoms with Crippen molar-refractivity contribution in [1.82, 2.24) is 10.1 Å². The lowest BCUT2D eigenvalue weighted by atomic mass is 10.2. The van der Waals surface area contributed by atoms with Crippen LogP contribution in [0.5, 0.6) is 5.75 Å². The highest BCUT2D eigenvalue weighted by Gasteiger charge is 2.16. The largest absolute Gasteiger partial charge is 0.507 e. The van der Waals surface area contributed by atoms with Gasteiger partial charge in [-0.15, -0.1) is 0 Å². The van der Waals surface area contributed by atoms with Gasteiger partial charge in [0.25, 0.3) is 11.8 Å². The number of aromatic hydroxyl groups is 1. The van der Waals surface area contributed by atoms with Gasteiger partial charge in [-0.1, -0.05) is 0 Å². The van der Waals surface area contributed by atoms with E-state index in [0.717, 1.165) is 19.2 Å². The van der Waals surface area contributed by atoms with Crippen molar-refractivity contribution in [2.75, 3.05) is 18.0 Å².